The summed E-state index contributed by atoms with van der Waals surface area (Å²) in [6.07, 6.45) is 0. The van der Waals surface area contributed by atoms with Crippen LogP contribution >= 0.6 is 28.1 Å². The van der Waals surface area contributed by atoms with E-state index < -0.39 is 0 Å². The number of halogens is 1. The fourth-order valence-corrected chi connectivity index (χ4v) is 3.04. The first kappa shape index (κ1) is 15.7. The van der Waals surface area contributed by atoms with Gasteiger partial charge < -0.3 is 11.1 Å². The van der Waals surface area contributed by atoms with E-state index in [0.29, 0.717) is 16.8 Å². The Kier molecular flexibility index (Phi) is 4.75. The lowest BCUT2D eigenvalue weighted by Crippen LogP contribution is -2.18. The molecule has 0 atom stereocenters. The maximum absolute atomic E-state index is 12.4. The average Bonchev–Trinajstić information content (AvgIpc) is 2.37. The van der Waals surface area contributed by atoms with Crippen LogP contribution < -0.4 is 11.1 Å². The molecule has 2 aromatic rings. The van der Waals surface area contributed by atoms with Crippen LogP contribution in [-0.2, 0) is 0 Å². The lowest BCUT2D eigenvalue weighted by molar-refractivity contribution is 0.102. The van der Waals surface area contributed by atoms with Gasteiger partial charge in [-0.1, -0.05) is 40.3 Å². The smallest absolute Gasteiger partial charge is 0.255 e. The minimum Gasteiger partial charge on any atom is -0.389 e. The molecule has 0 saturated heterocycles. The van der Waals surface area contributed by atoms with Gasteiger partial charge in [0.05, 0.1) is 5.69 Å². The van der Waals surface area contributed by atoms with E-state index in [2.05, 4.69) is 21.2 Å². The van der Waals surface area contributed by atoms with Crippen molar-refractivity contribution in [2.45, 2.75) is 13.8 Å². The zero-order chi connectivity index (χ0) is 15.6. The Morgan fingerprint density at radius 1 is 1.24 bits per heavy atom. The van der Waals surface area contributed by atoms with Crippen LogP contribution in [0.25, 0.3) is 0 Å². The van der Waals surface area contributed by atoms with E-state index in [-0.39, 0.29) is 10.9 Å². The van der Waals surface area contributed by atoms with Crippen molar-refractivity contribution < 1.29 is 4.79 Å². The van der Waals surface area contributed by atoms with Gasteiger partial charge in [-0.05, 0) is 49.2 Å². The zero-order valence-corrected chi connectivity index (χ0v) is 14.1. The quantitative estimate of drug-likeness (QED) is 0.812. The number of amides is 1. The molecule has 21 heavy (non-hydrogen) atoms. The number of thiocarbonyl (C=S) groups is 1. The maximum Gasteiger partial charge on any atom is 0.255 e. The van der Waals surface area contributed by atoms with E-state index in [4.69, 9.17) is 18.0 Å². The molecule has 1 amide bonds. The summed E-state index contributed by atoms with van der Waals surface area (Å²) in [5.74, 6) is -0.192. The number of carbonyl (C=O) groups is 1. The van der Waals surface area contributed by atoms with Gasteiger partial charge in [0, 0.05) is 15.6 Å². The molecule has 108 valence electrons. The Balaban J connectivity index is 2.36. The number of aryl methyl sites for hydroxylation is 2. The third kappa shape index (κ3) is 3.68. The summed E-state index contributed by atoms with van der Waals surface area (Å²) in [6, 6.07) is 11.1. The number of hydrogen-bond acceptors (Lipinski definition) is 2. The van der Waals surface area contributed by atoms with Crippen molar-refractivity contribution in [3.63, 3.8) is 0 Å². The summed E-state index contributed by atoms with van der Waals surface area (Å²) in [5, 5.41) is 2.88. The van der Waals surface area contributed by atoms with Gasteiger partial charge in [0.2, 0.25) is 0 Å². The molecule has 3 nitrogen and oxygen atoms in total. The first-order valence-electron chi connectivity index (χ1n) is 6.36. The zero-order valence-electron chi connectivity index (χ0n) is 11.7. The minimum absolute atomic E-state index is 0.192. The SMILES string of the molecule is Cc1cc(Br)cc(C(=O)Nc2cccc(C)c2C(N)=S)c1. The normalized spacial score (nSPS) is 10.2. The standard InChI is InChI=1S/C16H15BrN2OS/c1-9-6-11(8-12(17)7-9)16(20)19-13-5-3-4-10(2)14(13)15(18)21/h3-8H,1-2H3,(H2,18,21)(H,19,20). The summed E-state index contributed by atoms with van der Waals surface area (Å²) < 4.78 is 0.867. The van der Waals surface area contributed by atoms with Crippen molar-refractivity contribution in [2.24, 2.45) is 5.73 Å². The molecule has 0 fully saturated rings. The Bertz CT molecular complexity index is 708. The first-order valence-corrected chi connectivity index (χ1v) is 7.56. The number of nitrogens with one attached hydrogen (secondary N) is 1. The van der Waals surface area contributed by atoms with Gasteiger partial charge >= 0.3 is 0 Å². The van der Waals surface area contributed by atoms with E-state index in [0.717, 1.165) is 15.6 Å². The number of carbonyl (C=O) groups excluding carboxylic acids is 1. The molecule has 0 aliphatic rings. The van der Waals surface area contributed by atoms with Gasteiger partial charge in [-0.15, -0.1) is 0 Å². The van der Waals surface area contributed by atoms with E-state index in [1.807, 2.05) is 38.1 Å². The lowest BCUT2D eigenvalue weighted by atomic mass is 10.1. The highest BCUT2D eigenvalue weighted by Gasteiger charge is 2.13. The predicted octanol–water partition coefficient (Wildman–Crippen LogP) is 3.95. The molecule has 0 heterocycles. The molecule has 0 bridgehead atoms. The monoisotopic (exact) mass is 362 g/mol. The van der Waals surface area contributed by atoms with Gasteiger partial charge in [-0.25, -0.2) is 0 Å². The highest BCUT2D eigenvalue weighted by atomic mass is 79.9. The van der Waals surface area contributed by atoms with Crippen molar-refractivity contribution >= 4 is 44.7 Å². The molecular formula is C16H15BrN2OS. The van der Waals surface area contributed by atoms with Crippen LogP contribution in [0.15, 0.2) is 40.9 Å². The average molecular weight is 363 g/mol. The summed E-state index contributed by atoms with van der Waals surface area (Å²) in [6.45, 7) is 3.85. The fraction of sp³-hybridized carbons (Fsp3) is 0.125. The summed E-state index contributed by atoms with van der Waals surface area (Å²) >= 11 is 8.46. The molecule has 0 unspecified atom stereocenters. The highest BCUT2D eigenvalue weighted by Crippen LogP contribution is 2.21. The van der Waals surface area contributed by atoms with Crippen molar-refractivity contribution in [3.8, 4) is 0 Å². The Hall–Kier alpha value is -1.72. The molecule has 0 aliphatic heterocycles. The van der Waals surface area contributed by atoms with Crippen molar-refractivity contribution in [1.29, 1.82) is 0 Å². The van der Waals surface area contributed by atoms with Crippen LogP contribution in [0.3, 0.4) is 0 Å². The van der Waals surface area contributed by atoms with Crippen LogP contribution in [0.2, 0.25) is 0 Å². The van der Waals surface area contributed by atoms with Crippen LogP contribution in [0, 0.1) is 13.8 Å². The highest BCUT2D eigenvalue weighted by molar-refractivity contribution is 9.10. The van der Waals surface area contributed by atoms with Gasteiger partial charge in [-0.2, -0.15) is 0 Å². The molecular weight excluding hydrogens is 348 g/mol. The van der Waals surface area contributed by atoms with Gasteiger partial charge in [-0.3, -0.25) is 4.79 Å². The van der Waals surface area contributed by atoms with Crippen LogP contribution in [0.1, 0.15) is 27.0 Å². The molecule has 0 spiro atoms. The van der Waals surface area contributed by atoms with Gasteiger partial charge in [0.25, 0.3) is 5.91 Å². The number of hydrogen-bond donors (Lipinski definition) is 2. The first-order chi connectivity index (χ1) is 9.88. The second-order valence-electron chi connectivity index (χ2n) is 4.83. The number of nitrogens with two attached hydrogens (primary N) is 1. The van der Waals surface area contributed by atoms with E-state index >= 15 is 0 Å². The number of benzene rings is 2. The molecule has 0 saturated carbocycles. The second kappa shape index (κ2) is 6.37. The Morgan fingerprint density at radius 2 is 1.95 bits per heavy atom. The van der Waals surface area contributed by atoms with Crippen molar-refractivity contribution in [3.05, 3.63) is 63.1 Å². The minimum atomic E-state index is -0.192. The lowest BCUT2D eigenvalue weighted by Gasteiger charge is -2.13. The van der Waals surface area contributed by atoms with Gasteiger partial charge in [0.1, 0.15) is 4.99 Å². The summed E-state index contributed by atoms with van der Waals surface area (Å²) in [4.78, 5) is 12.7. The molecule has 5 heteroatoms. The molecule has 2 rings (SSSR count). The molecule has 2 aromatic carbocycles. The topological polar surface area (TPSA) is 55.1 Å². The van der Waals surface area contributed by atoms with E-state index in [1.165, 1.54) is 0 Å². The van der Waals surface area contributed by atoms with Crippen LogP contribution in [0.5, 0.6) is 0 Å². The third-order valence-corrected chi connectivity index (χ3v) is 3.73. The van der Waals surface area contributed by atoms with Gasteiger partial charge in [0.15, 0.2) is 0 Å². The summed E-state index contributed by atoms with van der Waals surface area (Å²) in [5.41, 5.74) is 9.61. The molecule has 3 N–H and O–H groups in total. The van der Waals surface area contributed by atoms with E-state index in [9.17, 15) is 4.79 Å². The Morgan fingerprint density at radius 3 is 2.57 bits per heavy atom. The van der Waals surface area contributed by atoms with E-state index in [1.54, 1.807) is 12.1 Å². The Labute approximate surface area is 137 Å². The van der Waals surface area contributed by atoms with Crippen molar-refractivity contribution in [1.82, 2.24) is 0 Å². The molecule has 0 aliphatic carbocycles. The largest absolute Gasteiger partial charge is 0.389 e. The fourth-order valence-electron chi connectivity index (χ4n) is 2.16. The van der Waals surface area contributed by atoms with Crippen LogP contribution in [0.4, 0.5) is 5.69 Å². The molecule has 0 aromatic heterocycles. The number of rotatable bonds is 3. The van der Waals surface area contributed by atoms with Crippen LogP contribution in [-0.4, -0.2) is 10.9 Å². The van der Waals surface area contributed by atoms with Crippen molar-refractivity contribution in [2.75, 3.05) is 5.32 Å². The third-order valence-electron chi connectivity index (χ3n) is 3.07. The second-order valence-corrected chi connectivity index (χ2v) is 6.19. The molecule has 0 radical (unpaired) electrons. The maximum atomic E-state index is 12.4. The predicted molar refractivity (Wildman–Crippen MR) is 93.9 cm³/mol. The number of anilines is 1. The summed E-state index contributed by atoms with van der Waals surface area (Å²) in [7, 11) is 0.